The van der Waals surface area contributed by atoms with Crippen LogP contribution in [0.4, 0.5) is 5.69 Å². The number of guanidine groups is 1. The van der Waals surface area contributed by atoms with Crippen LogP contribution in [0.3, 0.4) is 0 Å². The number of aliphatic imine (C=N–C) groups is 1. The molecule has 0 atom stereocenters. The number of benzene rings is 2. The maximum Gasteiger partial charge on any atom is 0.191 e. The Morgan fingerprint density at radius 1 is 1.06 bits per heavy atom. The van der Waals surface area contributed by atoms with E-state index in [0.29, 0.717) is 0 Å². The number of aryl methyl sites for hydroxylation is 2. The van der Waals surface area contributed by atoms with Crippen molar-refractivity contribution in [2.45, 2.75) is 26.4 Å². The van der Waals surface area contributed by atoms with Crippen molar-refractivity contribution in [2.75, 3.05) is 43.1 Å². The van der Waals surface area contributed by atoms with Crippen LogP contribution in [0.15, 0.2) is 53.5 Å². The number of imidazole rings is 1. The van der Waals surface area contributed by atoms with E-state index in [2.05, 4.69) is 79.5 Å². The highest BCUT2D eigenvalue weighted by atomic mass is 32.2. The van der Waals surface area contributed by atoms with Gasteiger partial charge in [-0.15, -0.1) is 0 Å². The Morgan fingerprint density at radius 3 is 2.61 bits per heavy atom. The summed E-state index contributed by atoms with van der Waals surface area (Å²) in [6.07, 6.45) is 1.00. The summed E-state index contributed by atoms with van der Waals surface area (Å²) in [6, 6.07) is 17.2. The SMILES string of the molecule is CN=C(NCCCn1c(C)nc2ccccc21)NCc1ccc(N2CCSCC2)cc1. The molecule has 164 valence electrons. The molecule has 0 aliphatic carbocycles. The van der Waals surface area contributed by atoms with E-state index in [1.54, 1.807) is 0 Å². The van der Waals surface area contributed by atoms with E-state index < -0.39 is 0 Å². The molecule has 0 spiro atoms. The number of aromatic nitrogens is 2. The van der Waals surface area contributed by atoms with E-state index in [1.807, 2.05) is 24.9 Å². The second kappa shape index (κ2) is 10.6. The van der Waals surface area contributed by atoms with E-state index in [0.717, 1.165) is 56.4 Å². The largest absolute Gasteiger partial charge is 0.370 e. The first kappa shape index (κ1) is 21.6. The molecular formula is C24H32N6S. The molecule has 0 saturated carbocycles. The van der Waals surface area contributed by atoms with Gasteiger partial charge in [0.25, 0.3) is 0 Å². The van der Waals surface area contributed by atoms with Crippen LogP contribution < -0.4 is 15.5 Å². The Balaban J connectivity index is 1.22. The monoisotopic (exact) mass is 436 g/mol. The molecule has 31 heavy (non-hydrogen) atoms. The summed E-state index contributed by atoms with van der Waals surface area (Å²) >= 11 is 2.04. The molecule has 1 saturated heterocycles. The van der Waals surface area contributed by atoms with Crippen LogP contribution in [0, 0.1) is 6.92 Å². The van der Waals surface area contributed by atoms with Gasteiger partial charge in [0.15, 0.2) is 5.96 Å². The fourth-order valence-electron chi connectivity index (χ4n) is 3.97. The van der Waals surface area contributed by atoms with Gasteiger partial charge < -0.3 is 20.1 Å². The first-order valence-electron chi connectivity index (χ1n) is 11.0. The highest BCUT2D eigenvalue weighted by Gasteiger charge is 2.11. The molecule has 1 fully saturated rings. The smallest absolute Gasteiger partial charge is 0.191 e. The molecule has 0 bridgehead atoms. The lowest BCUT2D eigenvalue weighted by atomic mass is 10.2. The third kappa shape index (κ3) is 5.53. The number of nitrogens with zero attached hydrogens (tertiary/aromatic N) is 4. The summed E-state index contributed by atoms with van der Waals surface area (Å²) in [6.45, 7) is 6.93. The summed E-state index contributed by atoms with van der Waals surface area (Å²) in [5.74, 6) is 4.35. The number of para-hydroxylation sites is 2. The minimum Gasteiger partial charge on any atom is -0.370 e. The van der Waals surface area contributed by atoms with Gasteiger partial charge >= 0.3 is 0 Å². The zero-order valence-electron chi connectivity index (χ0n) is 18.5. The van der Waals surface area contributed by atoms with Crippen molar-refractivity contribution in [1.29, 1.82) is 0 Å². The summed E-state index contributed by atoms with van der Waals surface area (Å²) < 4.78 is 2.29. The topological polar surface area (TPSA) is 57.5 Å². The molecule has 2 heterocycles. The van der Waals surface area contributed by atoms with Gasteiger partial charge in [0.2, 0.25) is 0 Å². The van der Waals surface area contributed by atoms with Gasteiger partial charge in [-0.3, -0.25) is 4.99 Å². The molecule has 1 aromatic heterocycles. The van der Waals surface area contributed by atoms with Gasteiger partial charge in [-0.05, 0) is 43.2 Å². The Morgan fingerprint density at radius 2 is 1.84 bits per heavy atom. The van der Waals surface area contributed by atoms with Crippen LogP contribution in [0.2, 0.25) is 0 Å². The minimum atomic E-state index is 0.765. The number of anilines is 1. The van der Waals surface area contributed by atoms with Crippen molar-refractivity contribution in [3.8, 4) is 0 Å². The first-order valence-corrected chi connectivity index (χ1v) is 12.2. The van der Waals surface area contributed by atoms with Crippen molar-refractivity contribution in [3.63, 3.8) is 0 Å². The average Bonchev–Trinajstić information content (AvgIpc) is 3.14. The summed E-state index contributed by atoms with van der Waals surface area (Å²) in [4.78, 5) is 11.5. The molecular weight excluding hydrogens is 404 g/mol. The summed E-state index contributed by atoms with van der Waals surface area (Å²) in [5.41, 5.74) is 4.86. The van der Waals surface area contributed by atoms with Crippen LogP contribution in [-0.2, 0) is 13.1 Å². The zero-order chi connectivity index (χ0) is 21.5. The molecule has 4 rings (SSSR count). The second-order valence-electron chi connectivity index (χ2n) is 7.77. The van der Waals surface area contributed by atoms with Crippen molar-refractivity contribution in [1.82, 2.24) is 20.2 Å². The number of rotatable bonds is 7. The van der Waals surface area contributed by atoms with Crippen molar-refractivity contribution in [2.24, 2.45) is 4.99 Å². The maximum atomic E-state index is 4.64. The lowest BCUT2D eigenvalue weighted by Gasteiger charge is -2.28. The molecule has 1 aliphatic heterocycles. The third-order valence-corrected chi connectivity index (χ3v) is 6.63. The lowest BCUT2D eigenvalue weighted by molar-refractivity contribution is 0.624. The molecule has 2 aromatic carbocycles. The normalized spacial score (nSPS) is 14.8. The van der Waals surface area contributed by atoms with Crippen molar-refractivity contribution in [3.05, 3.63) is 59.9 Å². The van der Waals surface area contributed by atoms with Crippen molar-refractivity contribution < 1.29 is 0 Å². The van der Waals surface area contributed by atoms with Crippen LogP contribution >= 0.6 is 11.8 Å². The molecule has 7 heteroatoms. The first-order chi connectivity index (χ1) is 15.2. The Kier molecular flexibility index (Phi) is 7.35. The Labute approximate surface area is 189 Å². The standard InChI is InChI=1S/C24H32N6S/c1-19-28-22-6-3-4-7-23(22)30(19)13-5-12-26-24(25-2)27-18-20-8-10-21(11-9-20)29-14-16-31-17-15-29/h3-4,6-11H,5,12-18H2,1-2H3,(H2,25,26,27). The van der Waals surface area contributed by atoms with E-state index in [9.17, 15) is 0 Å². The molecule has 6 nitrogen and oxygen atoms in total. The number of hydrogen-bond acceptors (Lipinski definition) is 4. The summed E-state index contributed by atoms with van der Waals surface area (Å²) in [5, 5.41) is 6.85. The predicted molar refractivity (Wildman–Crippen MR) is 133 cm³/mol. The molecule has 3 aromatic rings. The second-order valence-corrected chi connectivity index (χ2v) is 9.00. The van der Waals surface area contributed by atoms with Gasteiger partial charge in [0.05, 0.1) is 11.0 Å². The Hall–Kier alpha value is -2.67. The van der Waals surface area contributed by atoms with Gasteiger partial charge in [0.1, 0.15) is 5.82 Å². The van der Waals surface area contributed by atoms with Crippen LogP contribution in [0.5, 0.6) is 0 Å². The van der Waals surface area contributed by atoms with Gasteiger partial charge in [-0.25, -0.2) is 4.98 Å². The third-order valence-electron chi connectivity index (χ3n) is 5.69. The van der Waals surface area contributed by atoms with E-state index >= 15 is 0 Å². The molecule has 0 unspecified atom stereocenters. The van der Waals surface area contributed by atoms with Crippen molar-refractivity contribution >= 4 is 34.4 Å². The lowest BCUT2D eigenvalue weighted by Crippen LogP contribution is -2.37. The quantitative estimate of drug-likeness (QED) is 0.336. The summed E-state index contributed by atoms with van der Waals surface area (Å²) in [7, 11) is 1.82. The minimum absolute atomic E-state index is 0.765. The van der Waals surface area contributed by atoms with Crippen LogP contribution in [0.25, 0.3) is 11.0 Å². The molecule has 0 radical (unpaired) electrons. The predicted octanol–water partition coefficient (Wildman–Crippen LogP) is 3.65. The van der Waals surface area contributed by atoms with Gasteiger partial charge in [-0.2, -0.15) is 11.8 Å². The van der Waals surface area contributed by atoms with E-state index in [-0.39, 0.29) is 0 Å². The molecule has 1 aliphatic rings. The Bertz CT molecular complexity index is 1000. The number of hydrogen-bond donors (Lipinski definition) is 2. The van der Waals surface area contributed by atoms with Gasteiger partial charge in [0, 0.05) is 57.0 Å². The van der Waals surface area contributed by atoms with E-state index in [4.69, 9.17) is 0 Å². The van der Waals surface area contributed by atoms with E-state index in [1.165, 1.54) is 28.3 Å². The maximum absolute atomic E-state index is 4.64. The fourth-order valence-corrected chi connectivity index (χ4v) is 4.88. The van der Waals surface area contributed by atoms with Crippen LogP contribution in [-0.4, -0.2) is 53.7 Å². The average molecular weight is 437 g/mol. The zero-order valence-corrected chi connectivity index (χ0v) is 19.3. The molecule has 0 amide bonds. The number of fused-ring (bicyclic) bond motifs is 1. The number of thioether (sulfide) groups is 1. The highest BCUT2D eigenvalue weighted by molar-refractivity contribution is 7.99. The fraction of sp³-hybridized carbons (Fsp3) is 0.417. The van der Waals surface area contributed by atoms with Gasteiger partial charge in [-0.1, -0.05) is 24.3 Å². The number of nitrogens with one attached hydrogen (secondary N) is 2. The highest BCUT2D eigenvalue weighted by Crippen LogP contribution is 2.20. The van der Waals surface area contributed by atoms with Crippen LogP contribution in [0.1, 0.15) is 17.8 Å². The molecule has 2 N–H and O–H groups in total.